The molecule has 0 spiro atoms. The van der Waals surface area contributed by atoms with E-state index >= 15 is 0 Å². The molecular formula is C21H20N4O4S2. The average molecular weight is 457 g/mol. The van der Waals surface area contributed by atoms with E-state index in [2.05, 4.69) is 4.98 Å². The van der Waals surface area contributed by atoms with Gasteiger partial charge in [-0.1, -0.05) is 18.2 Å². The lowest BCUT2D eigenvalue weighted by atomic mass is 10.1. The Morgan fingerprint density at radius 2 is 1.45 bits per heavy atom. The number of nitriles is 1. The summed E-state index contributed by atoms with van der Waals surface area (Å²) in [5.41, 5.74) is 1.57. The van der Waals surface area contributed by atoms with Crippen molar-refractivity contribution in [3.05, 3.63) is 65.9 Å². The number of benzene rings is 2. The molecule has 0 N–H and O–H groups in total. The minimum Gasteiger partial charge on any atom is -0.256 e. The maximum atomic E-state index is 13.3. The van der Waals surface area contributed by atoms with Crippen molar-refractivity contribution in [3.63, 3.8) is 0 Å². The Hall–Kier alpha value is -2.84. The molecule has 10 heteroatoms. The first-order valence-electron chi connectivity index (χ1n) is 9.60. The normalized spacial score (nSPS) is 16.3. The van der Waals surface area contributed by atoms with Gasteiger partial charge in [-0.25, -0.2) is 16.8 Å². The van der Waals surface area contributed by atoms with E-state index in [0.717, 1.165) is 5.56 Å². The number of rotatable bonds is 4. The molecule has 2 aromatic carbocycles. The highest BCUT2D eigenvalue weighted by molar-refractivity contribution is 7.89. The summed E-state index contributed by atoms with van der Waals surface area (Å²) in [6.45, 7) is 1.92. The Kier molecular flexibility index (Phi) is 5.53. The second kappa shape index (κ2) is 8.01. The lowest BCUT2D eigenvalue weighted by Gasteiger charge is -2.33. The highest BCUT2D eigenvalue weighted by Gasteiger charge is 2.35. The molecule has 0 amide bonds. The van der Waals surface area contributed by atoms with Gasteiger partial charge in [0, 0.05) is 37.8 Å². The van der Waals surface area contributed by atoms with Crippen LogP contribution < -0.4 is 0 Å². The Bertz CT molecular complexity index is 1400. The smallest absolute Gasteiger partial charge is 0.244 e. The van der Waals surface area contributed by atoms with Crippen molar-refractivity contribution in [2.24, 2.45) is 0 Å². The fourth-order valence-electron chi connectivity index (χ4n) is 3.73. The highest BCUT2D eigenvalue weighted by atomic mass is 32.2. The van der Waals surface area contributed by atoms with E-state index in [1.807, 2.05) is 13.0 Å². The standard InChI is InChI=1S/C21H20N4O4S2/c1-16-8-9-20(18-6-4-10-23-21(16)18)31(28,29)25-13-11-24(12-14-25)30(26,27)19-7-3-2-5-17(19)15-22/h2-10H,11-14H2,1H3. The molecule has 3 aromatic rings. The molecule has 1 aliphatic rings. The van der Waals surface area contributed by atoms with Crippen molar-refractivity contribution >= 4 is 30.9 Å². The number of piperazine rings is 1. The zero-order valence-electron chi connectivity index (χ0n) is 16.8. The van der Waals surface area contributed by atoms with Crippen LogP contribution in [-0.2, 0) is 20.0 Å². The fraction of sp³-hybridized carbons (Fsp3) is 0.238. The SMILES string of the molecule is Cc1ccc(S(=O)(=O)N2CCN(S(=O)(=O)c3ccccc3C#N)CC2)c2cccnc12. The van der Waals surface area contributed by atoms with Crippen molar-refractivity contribution in [3.8, 4) is 6.07 Å². The number of sulfonamides is 2. The van der Waals surface area contributed by atoms with Gasteiger partial charge in [0.1, 0.15) is 6.07 Å². The average Bonchev–Trinajstić information content (AvgIpc) is 2.79. The van der Waals surface area contributed by atoms with Crippen LogP contribution in [0.5, 0.6) is 0 Å². The topological polar surface area (TPSA) is 111 Å². The molecule has 0 radical (unpaired) electrons. The lowest BCUT2D eigenvalue weighted by Crippen LogP contribution is -2.50. The van der Waals surface area contributed by atoms with Gasteiger partial charge in [0.2, 0.25) is 20.0 Å². The van der Waals surface area contributed by atoms with E-state index < -0.39 is 20.0 Å². The summed E-state index contributed by atoms with van der Waals surface area (Å²) in [5.74, 6) is 0. The monoisotopic (exact) mass is 456 g/mol. The predicted molar refractivity (Wildman–Crippen MR) is 115 cm³/mol. The number of hydrogen-bond acceptors (Lipinski definition) is 6. The molecule has 0 saturated carbocycles. The molecule has 0 unspecified atom stereocenters. The number of hydrogen-bond donors (Lipinski definition) is 0. The number of pyridine rings is 1. The van der Waals surface area contributed by atoms with Crippen molar-refractivity contribution in [1.82, 2.24) is 13.6 Å². The summed E-state index contributed by atoms with van der Waals surface area (Å²) in [5, 5.41) is 9.78. The van der Waals surface area contributed by atoms with Crippen LogP contribution in [0.4, 0.5) is 0 Å². The van der Waals surface area contributed by atoms with Crippen LogP contribution in [-0.4, -0.2) is 56.6 Å². The van der Waals surface area contributed by atoms with Gasteiger partial charge in [0.05, 0.1) is 20.9 Å². The fourth-order valence-corrected chi connectivity index (χ4v) is 6.89. The Morgan fingerprint density at radius 1 is 0.839 bits per heavy atom. The first-order chi connectivity index (χ1) is 14.8. The maximum Gasteiger partial charge on any atom is 0.244 e. The van der Waals surface area contributed by atoms with Crippen molar-refractivity contribution in [1.29, 1.82) is 5.26 Å². The second-order valence-corrected chi connectivity index (χ2v) is 11.0. The number of aryl methyl sites for hydroxylation is 1. The van der Waals surface area contributed by atoms with E-state index in [0.29, 0.717) is 10.9 Å². The van der Waals surface area contributed by atoms with E-state index in [1.165, 1.54) is 20.7 Å². The largest absolute Gasteiger partial charge is 0.256 e. The van der Waals surface area contributed by atoms with Gasteiger partial charge in [0.25, 0.3) is 0 Å². The molecule has 8 nitrogen and oxygen atoms in total. The molecule has 2 heterocycles. The lowest BCUT2D eigenvalue weighted by molar-refractivity contribution is 0.273. The van der Waals surface area contributed by atoms with E-state index in [4.69, 9.17) is 0 Å². The van der Waals surface area contributed by atoms with Crippen LogP contribution in [0.2, 0.25) is 0 Å². The molecule has 1 saturated heterocycles. The third-order valence-electron chi connectivity index (χ3n) is 5.37. The minimum absolute atomic E-state index is 0.00334. The third kappa shape index (κ3) is 3.70. The number of nitrogens with zero attached hydrogens (tertiary/aromatic N) is 4. The van der Waals surface area contributed by atoms with Gasteiger partial charge >= 0.3 is 0 Å². The van der Waals surface area contributed by atoms with Crippen molar-refractivity contribution in [2.45, 2.75) is 16.7 Å². The first-order valence-corrected chi connectivity index (χ1v) is 12.5. The van der Waals surface area contributed by atoms with Crippen LogP contribution in [0.3, 0.4) is 0 Å². The molecule has 1 aliphatic heterocycles. The van der Waals surface area contributed by atoms with Crippen LogP contribution in [0, 0.1) is 18.3 Å². The molecule has 160 valence electrons. The number of fused-ring (bicyclic) bond motifs is 1. The number of aromatic nitrogens is 1. The summed E-state index contributed by atoms with van der Waals surface area (Å²) in [6, 6.07) is 14.6. The van der Waals surface area contributed by atoms with Gasteiger partial charge in [-0.05, 0) is 42.8 Å². The summed E-state index contributed by atoms with van der Waals surface area (Å²) < 4.78 is 55.2. The third-order valence-corrected chi connectivity index (χ3v) is 9.29. The van der Waals surface area contributed by atoms with E-state index in [1.54, 1.807) is 42.6 Å². The van der Waals surface area contributed by atoms with Crippen LogP contribution >= 0.6 is 0 Å². The summed E-state index contributed by atoms with van der Waals surface area (Å²) in [6.07, 6.45) is 1.62. The molecular weight excluding hydrogens is 436 g/mol. The van der Waals surface area contributed by atoms with Gasteiger partial charge in [-0.15, -0.1) is 0 Å². The molecule has 0 atom stereocenters. The highest BCUT2D eigenvalue weighted by Crippen LogP contribution is 2.28. The van der Waals surface area contributed by atoms with Crippen molar-refractivity contribution in [2.75, 3.05) is 26.2 Å². The molecule has 1 aromatic heterocycles. The van der Waals surface area contributed by atoms with Crippen LogP contribution in [0.25, 0.3) is 10.9 Å². The Morgan fingerprint density at radius 3 is 2.10 bits per heavy atom. The molecule has 4 rings (SSSR count). The van der Waals surface area contributed by atoms with Gasteiger partial charge in [-0.3, -0.25) is 4.98 Å². The van der Waals surface area contributed by atoms with Crippen molar-refractivity contribution < 1.29 is 16.8 Å². The van der Waals surface area contributed by atoms with Gasteiger partial charge in [0.15, 0.2) is 0 Å². The van der Waals surface area contributed by atoms with Gasteiger partial charge in [-0.2, -0.15) is 13.9 Å². The van der Waals surface area contributed by atoms with Crippen LogP contribution in [0.15, 0.2) is 64.5 Å². The minimum atomic E-state index is -3.90. The van der Waals surface area contributed by atoms with Gasteiger partial charge < -0.3 is 0 Å². The molecule has 31 heavy (non-hydrogen) atoms. The Labute approximate surface area is 181 Å². The quantitative estimate of drug-likeness (QED) is 0.594. The summed E-state index contributed by atoms with van der Waals surface area (Å²) >= 11 is 0. The molecule has 0 aliphatic carbocycles. The molecule has 1 fully saturated rings. The molecule has 0 bridgehead atoms. The second-order valence-electron chi connectivity index (χ2n) is 7.20. The van der Waals surface area contributed by atoms with E-state index in [-0.39, 0.29) is 41.5 Å². The first kappa shape index (κ1) is 21.4. The zero-order valence-corrected chi connectivity index (χ0v) is 18.4. The Balaban J connectivity index is 1.61. The summed E-state index contributed by atoms with van der Waals surface area (Å²) in [4.78, 5) is 4.39. The maximum absolute atomic E-state index is 13.3. The zero-order chi connectivity index (χ0) is 22.2. The predicted octanol–water partition coefficient (Wildman–Crippen LogP) is 2.11. The van der Waals surface area contributed by atoms with Crippen LogP contribution in [0.1, 0.15) is 11.1 Å². The van der Waals surface area contributed by atoms with E-state index in [9.17, 15) is 22.1 Å². The summed E-state index contributed by atoms with van der Waals surface area (Å²) in [7, 11) is -7.73.